The van der Waals surface area contributed by atoms with Crippen molar-refractivity contribution in [3.8, 4) is 11.5 Å². The van der Waals surface area contributed by atoms with E-state index in [9.17, 15) is 0 Å². The van der Waals surface area contributed by atoms with Gasteiger partial charge in [0.2, 0.25) is 6.79 Å². The molecular weight excluding hydrogens is 232 g/mol. The summed E-state index contributed by atoms with van der Waals surface area (Å²) in [5.41, 5.74) is 1.15. The van der Waals surface area contributed by atoms with Gasteiger partial charge in [0.25, 0.3) is 0 Å². The van der Waals surface area contributed by atoms with E-state index < -0.39 is 0 Å². The van der Waals surface area contributed by atoms with Crippen molar-refractivity contribution in [2.75, 3.05) is 6.79 Å². The molecule has 18 heavy (non-hydrogen) atoms. The summed E-state index contributed by atoms with van der Waals surface area (Å²) in [6.45, 7) is 3.04. The fourth-order valence-electron chi connectivity index (χ4n) is 1.89. The molecule has 0 fully saturated rings. The Morgan fingerprint density at radius 2 is 2.17 bits per heavy atom. The predicted molar refractivity (Wildman–Crippen MR) is 64.3 cm³/mol. The van der Waals surface area contributed by atoms with Crippen LogP contribution in [0.4, 0.5) is 0 Å². The standard InChI is InChI=1S/C13H14N2O3/c1-9(14-7-11-4-5-15-18-11)10-2-3-12-13(6-10)17-8-16-12/h2-6,9,14H,7-8H2,1H3. The SMILES string of the molecule is CC(NCc1ccno1)c1ccc2c(c1)OCO2. The second kappa shape index (κ2) is 4.70. The Morgan fingerprint density at radius 1 is 1.28 bits per heavy atom. The van der Waals surface area contributed by atoms with Crippen molar-refractivity contribution in [2.45, 2.75) is 19.5 Å². The molecular formula is C13H14N2O3. The number of fused-ring (bicyclic) bond motifs is 1. The minimum Gasteiger partial charge on any atom is -0.454 e. The van der Waals surface area contributed by atoms with Crippen molar-refractivity contribution >= 4 is 0 Å². The maximum absolute atomic E-state index is 5.36. The van der Waals surface area contributed by atoms with Gasteiger partial charge in [-0.1, -0.05) is 11.2 Å². The number of nitrogens with one attached hydrogen (secondary N) is 1. The zero-order valence-electron chi connectivity index (χ0n) is 10.1. The van der Waals surface area contributed by atoms with Crippen LogP contribution in [0.2, 0.25) is 0 Å². The lowest BCUT2D eigenvalue weighted by atomic mass is 10.1. The maximum Gasteiger partial charge on any atom is 0.231 e. The molecule has 1 N–H and O–H groups in total. The maximum atomic E-state index is 5.36. The highest BCUT2D eigenvalue weighted by molar-refractivity contribution is 5.45. The van der Waals surface area contributed by atoms with E-state index in [2.05, 4.69) is 17.4 Å². The highest BCUT2D eigenvalue weighted by Gasteiger charge is 2.15. The highest BCUT2D eigenvalue weighted by atomic mass is 16.7. The van der Waals surface area contributed by atoms with Crippen molar-refractivity contribution in [1.29, 1.82) is 0 Å². The van der Waals surface area contributed by atoms with E-state index in [4.69, 9.17) is 14.0 Å². The Kier molecular flexibility index (Phi) is 2.90. The first-order valence-corrected chi connectivity index (χ1v) is 5.85. The van der Waals surface area contributed by atoms with Crippen LogP contribution in [0.1, 0.15) is 24.3 Å². The van der Waals surface area contributed by atoms with Gasteiger partial charge in [-0.15, -0.1) is 0 Å². The highest BCUT2D eigenvalue weighted by Crippen LogP contribution is 2.34. The van der Waals surface area contributed by atoms with Gasteiger partial charge in [-0.05, 0) is 24.6 Å². The van der Waals surface area contributed by atoms with Gasteiger partial charge in [-0.2, -0.15) is 0 Å². The second-order valence-electron chi connectivity index (χ2n) is 4.19. The van der Waals surface area contributed by atoms with Crippen molar-refractivity contribution in [1.82, 2.24) is 10.5 Å². The first-order chi connectivity index (χ1) is 8.83. The molecule has 1 aromatic heterocycles. The molecule has 94 valence electrons. The molecule has 2 aromatic rings. The third-order valence-corrected chi connectivity index (χ3v) is 2.97. The quantitative estimate of drug-likeness (QED) is 0.896. The molecule has 0 radical (unpaired) electrons. The Bertz CT molecular complexity index is 525. The smallest absolute Gasteiger partial charge is 0.231 e. The molecule has 0 bridgehead atoms. The molecule has 1 unspecified atom stereocenters. The third-order valence-electron chi connectivity index (χ3n) is 2.97. The van der Waals surface area contributed by atoms with Crippen LogP contribution < -0.4 is 14.8 Å². The van der Waals surface area contributed by atoms with Crippen LogP contribution in [-0.4, -0.2) is 11.9 Å². The molecule has 0 saturated carbocycles. The Hall–Kier alpha value is -2.01. The minimum atomic E-state index is 0.199. The number of aromatic nitrogens is 1. The van der Waals surface area contributed by atoms with Crippen molar-refractivity contribution < 1.29 is 14.0 Å². The lowest BCUT2D eigenvalue weighted by Gasteiger charge is -2.13. The van der Waals surface area contributed by atoms with Gasteiger partial charge < -0.3 is 19.3 Å². The molecule has 1 atom stereocenters. The van der Waals surface area contributed by atoms with Gasteiger partial charge in [-0.3, -0.25) is 0 Å². The average molecular weight is 246 g/mol. The number of hydrogen-bond acceptors (Lipinski definition) is 5. The Morgan fingerprint density at radius 3 is 3.00 bits per heavy atom. The Labute approximate surface area is 105 Å². The molecule has 0 amide bonds. The summed E-state index contributed by atoms with van der Waals surface area (Å²) < 4.78 is 15.7. The molecule has 1 aliphatic rings. The van der Waals surface area contributed by atoms with Crippen LogP contribution >= 0.6 is 0 Å². The number of hydrogen-bond donors (Lipinski definition) is 1. The molecule has 3 rings (SSSR count). The summed E-state index contributed by atoms with van der Waals surface area (Å²) in [6.07, 6.45) is 1.64. The fraction of sp³-hybridized carbons (Fsp3) is 0.308. The first-order valence-electron chi connectivity index (χ1n) is 5.85. The van der Waals surface area contributed by atoms with Crippen LogP contribution in [-0.2, 0) is 6.54 Å². The van der Waals surface area contributed by atoms with E-state index >= 15 is 0 Å². The van der Waals surface area contributed by atoms with Gasteiger partial charge in [0, 0.05) is 12.1 Å². The molecule has 0 spiro atoms. The van der Waals surface area contributed by atoms with E-state index in [1.54, 1.807) is 6.20 Å². The summed E-state index contributed by atoms with van der Waals surface area (Å²) in [7, 11) is 0. The third kappa shape index (κ3) is 2.17. The summed E-state index contributed by atoms with van der Waals surface area (Å²) in [5, 5.41) is 7.03. The van der Waals surface area contributed by atoms with Crippen LogP contribution in [0.25, 0.3) is 0 Å². The van der Waals surface area contributed by atoms with E-state index in [1.165, 1.54) is 0 Å². The van der Waals surface area contributed by atoms with Crippen LogP contribution in [0.3, 0.4) is 0 Å². The monoisotopic (exact) mass is 246 g/mol. The normalized spacial score (nSPS) is 14.7. The first kappa shape index (κ1) is 11.1. The Balaban J connectivity index is 1.67. The molecule has 2 heterocycles. The van der Waals surface area contributed by atoms with Gasteiger partial charge in [0.05, 0.1) is 12.7 Å². The minimum absolute atomic E-state index is 0.199. The zero-order chi connectivity index (χ0) is 12.4. The van der Waals surface area contributed by atoms with Gasteiger partial charge in [0.15, 0.2) is 11.5 Å². The lowest BCUT2D eigenvalue weighted by molar-refractivity contribution is 0.174. The van der Waals surface area contributed by atoms with Crippen LogP contribution in [0.5, 0.6) is 11.5 Å². The van der Waals surface area contributed by atoms with Gasteiger partial charge in [0.1, 0.15) is 5.76 Å². The zero-order valence-corrected chi connectivity index (χ0v) is 10.1. The molecule has 0 saturated heterocycles. The van der Waals surface area contributed by atoms with Crippen LogP contribution in [0, 0.1) is 0 Å². The number of benzene rings is 1. The summed E-state index contributed by atoms with van der Waals surface area (Å²) >= 11 is 0. The number of nitrogens with zero attached hydrogens (tertiary/aromatic N) is 1. The summed E-state index contributed by atoms with van der Waals surface area (Å²) in [5.74, 6) is 2.43. The molecule has 5 heteroatoms. The van der Waals surface area contributed by atoms with E-state index in [0.717, 1.165) is 22.8 Å². The molecule has 5 nitrogen and oxygen atoms in total. The predicted octanol–water partition coefficient (Wildman–Crippen LogP) is 2.25. The largest absolute Gasteiger partial charge is 0.454 e. The fourth-order valence-corrected chi connectivity index (χ4v) is 1.89. The molecule has 1 aromatic carbocycles. The lowest BCUT2D eigenvalue weighted by Crippen LogP contribution is -2.17. The van der Waals surface area contributed by atoms with Gasteiger partial charge in [-0.25, -0.2) is 0 Å². The molecule has 1 aliphatic heterocycles. The number of rotatable bonds is 4. The average Bonchev–Trinajstić information content (AvgIpc) is 3.05. The van der Waals surface area contributed by atoms with Crippen molar-refractivity contribution in [3.63, 3.8) is 0 Å². The topological polar surface area (TPSA) is 56.5 Å². The summed E-state index contributed by atoms with van der Waals surface area (Å²) in [4.78, 5) is 0. The van der Waals surface area contributed by atoms with Crippen molar-refractivity contribution in [2.24, 2.45) is 0 Å². The van der Waals surface area contributed by atoms with E-state index in [1.807, 2.05) is 24.3 Å². The molecule has 0 aliphatic carbocycles. The summed E-state index contributed by atoms with van der Waals surface area (Å²) in [6, 6.07) is 8.01. The number of ether oxygens (including phenoxy) is 2. The van der Waals surface area contributed by atoms with Crippen molar-refractivity contribution in [3.05, 3.63) is 41.8 Å². The van der Waals surface area contributed by atoms with Crippen LogP contribution in [0.15, 0.2) is 35.0 Å². The van der Waals surface area contributed by atoms with E-state index in [0.29, 0.717) is 13.3 Å². The van der Waals surface area contributed by atoms with Gasteiger partial charge >= 0.3 is 0 Å². The van der Waals surface area contributed by atoms with E-state index in [-0.39, 0.29) is 6.04 Å². The second-order valence-corrected chi connectivity index (χ2v) is 4.19.